The Balaban J connectivity index is 0.00000544. The maximum Gasteiger partial charge on any atom is 0.239 e. The van der Waals surface area contributed by atoms with Crippen LogP contribution >= 0.6 is 0 Å². The average molecular weight is 477 g/mol. The van der Waals surface area contributed by atoms with E-state index in [2.05, 4.69) is 9.97 Å². The molecular formula is C23H29FN4O4S. The Morgan fingerprint density at radius 1 is 1.27 bits per heavy atom. The van der Waals surface area contributed by atoms with Crippen LogP contribution in [0.4, 0.5) is 10.3 Å². The lowest BCUT2D eigenvalue weighted by Crippen LogP contribution is -2.27. The number of nitriles is 1. The zero-order chi connectivity index (χ0) is 24.1. The van der Waals surface area contributed by atoms with Crippen LogP contribution in [0.2, 0.25) is 0 Å². The fourth-order valence-electron chi connectivity index (χ4n) is 2.85. The molecule has 0 bridgehead atoms. The van der Waals surface area contributed by atoms with E-state index in [1.54, 1.807) is 6.07 Å². The van der Waals surface area contributed by atoms with Crippen molar-refractivity contribution in [1.29, 1.82) is 5.26 Å². The van der Waals surface area contributed by atoms with Crippen LogP contribution in [0.5, 0.6) is 0 Å². The molecular weight excluding hydrogens is 447 g/mol. The molecule has 0 radical (unpaired) electrons. The Bertz CT molecular complexity index is 1160. The maximum atomic E-state index is 13.5. The Hall–Kier alpha value is -3.16. The van der Waals surface area contributed by atoms with E-state index >= 15 is 0 Å². The highest BCUT2D eigenvalue weighted by Crippen LogP contribution is 2.31. The molecule has 0 unspecified atom stereocenters. The molecule has 178 valence electrons. The standard InChI is InChI=1S/C22H25FN4O4S.CH4/c1-14(2)20-19(10-9-17(28)13-18(29)11-12-24)21(15-5-7-16(23)8-6-15)26-22(25-20)27(3)32(4,30)31;/h5-10,14,18,29H,11,13H2,1-4H3;1H4/b10-9+;/t18-;/m0./s1. The summed E-state index contributed by atoms with van der Waals surface area (Å²) in [5, 5.41) is 18.3. The number of carbonyl (C=O) groups is 1. The van der Waals surface area contributed by atoms with Gasteiger partial charge in [-0.25, -0.2) is 27.1 Å². The zero-order valence-electron chi connectivity index (χ0n) is 18.3. The van der Waals surface area contributed by atoms with E-state index in [0.717, 1.165) is 10.6 Å². The second-order valence-corrected chi connectivity index (χ2v) is 9.60. The molecule has 0 aliphatic heterocycles. The van der Waals surface area contributed by atoms with Gasteiger partial charge in [-0.15, -0.1) is 0 Å². The summed E-state index contributed by atoms with van der Waals surface area (Å²) in [6, 6.07) is 7.31. The van der Waals surface area contributed by atoms with E-state index in [1.807, 2.05) is 13.8 Å². The first-order valence-electron chi connectivity index (χ1n) is 9.81. The second-order valence-electron chi connectivity index (χ2n) is 7.58. The summed E-state index contributed by atoms with van der Waals surface area (Å²) in [7, 11) is -2.31. The van der Waals surface area contributed by atoms with E-state index in [1.165, 1.54) is 43.5 Å². The van der Waals surface area contributed by atoms with Crippen molar-refractivity contribution in [3.8, 4) is 17.3 Å². The summed E-state index contributed by atoms with van der Waals surface area (Å²) in [6.07, 6.45) is 2.34. The molecule has 0 aliphatic carbocycles. The molecule has 0 saturated heterocycles. The molecule has 0 saturated carbocycles. The summed E-state index contributed by atoms with van der Waals surface area (Å²) in [5.74, 6) is -1.06. The number of aliphatic hydroxyl groups is 1. The summed E-state index contributed by atoms with van der Waals surface area (Å²) < 4.78 is 38.5. The van der Waals surface area contributed by atoms with Gasteiger partial charge in [0.25, 0.3) is 0 Å². The highest BCUT2D eigenvalue weighted by molar-refractivity contribution is 7.92. The molecule has 1 aromatic carbocycles. The van der Waals surface area contributed by atoms with Crippen molar-refractivity contribution in [2.75, 3.05) is 17.6 Å². The first-order chi connectivity index (χ1) is 14.9. The van der Waals surface area contributed by atoms with E-state index in [-0.39, 0.29) is 32.1 Å². The van der Waals surface area contributed by atoms with Crippen LogP contribution in [0.15, 0.2) is 30.3 Å². The van der Waals surface area contributed by atoms with Gasteiger partial charge in [-0.1, -0.05) is 21.3 Å². The highest BCUT2D eigenvalue weighted by Gasteiger charge is 2.22. The number of halogens is 1. The third-order valence-corrected chi connectivity index (χ3v) is 5.76. The number of carbonyl (C=O) groups excluding carboxylic acids is 1. The van der Waals surface area contributed by atoms with Crippen LogP contribution in [0, 0.1) is 17.1 Å². The smallest absolute Gasteiger partial charge is 0.239 e. The first kappa shape index (κ1) is 27.9. The zero-order valence-corrected chi connectivity index (χ0v) is 19.1. The Morgan fingerprint density at radius 3 is 2.39 bits per heavy atom. The maximum absolute atomic E-state index is 13.5. The van der Waals surface area contributed by atoms with Gasteiger partial charge >= 0.3 is 0 Å². The summed E-state index contributed by atoms with van der Waals surface area (Å²) in [4.78, 5) is 21.1. The number of sulfonamides is 1. The van der Waals surface area contributed by atoms with Crippen LogP contribution in [-0.4, -0.2) is 48.7 Å². The molecule has 33 heavy (non-hydrogen) atoms. The molecule has 1 heterocycles. The number of anilines is 1. The molecule has 0 amide bonds. The number of nitrogens with zero attached hydrogens (tertiary/aromatic N) is 4. The first-order valence-corrected chi connectivity index (χ1v) is 11.7. The molecule has 2 rings (SSSR count). The normalized spacial score (nSPS) is 12.3. The number of aliphatic hydroxyl groups excluding tert-OH is 1. The molecule has 0 fully saturated rings. The summed E-state index contributed by atoms with van der Waals surface area (Å²) >= 11 is 0. The largest absolute Gasteiger partial charge is 0.392 e. The number of hydrogen-bond acceptors (Lipinski definition) is 7. The van der Waals surface area contributed by atoms with Crippen molar-refractivity contribution in [3.63, 3.8) is 0 Å². The summed E-state index contributed by atoms with van der Waals surface area (Å²) in [6.45, 7) is 3.72. The fraction of sp³-hybridized carbons (Fsp3) is 0.391. The fourth-order valence-corrected chi connectivity index (χ4v) is 3.23. The molecule has 1 aromatic heterocycles. The predicted octanol–water partition coefficient (Wildman–Crippen LogP) is 3.68. The van der Waals surface area contributed by atoms with E-state index in [9.17, 15) is 22.7 Å². The van der Waals surface area contributed by atoms with E-state index < -0.39 is 27.7 Å². The average Bonchev–Trinajstić information content (AvgIpc) is 2.71. The van der Waals surface area contributed by atoms with Gasteiger partial charge in [0.05, 0.1) is 36.2 Å². The number of ketones is 1. The monoisotopic (exact) mass is 476 g/mol. The topological polar surface area (TPSA) is 124 Å². The van der Waals surface area contributed by atoms with Gasteiger partial charge in [-0.05, 0) is 42.3 Å². The van der Waals surface area contributed by atoms with Crippen LogP contribution < -0.4 is 4.31 Å². The van der Waals surface area contributed by atoms with Gasteiger partial charge in [-0.2, -0.15) is 5.26 Å². The minimum absolute atomic E-state index is 0. The third-order valence-electron chi connectivity index (χ3n) is 4.61. The van der Waals surface area contributed by atoms with Crippen molar-refractivity contribution < 1.29 is 22.7 Å². The van der Waals surface area contributed by atoms with Gasteiger partial charge in [0.1, 0.15) is 5.82 Å². The molecule has 0 spiro atoms. The molecule has 1 atom stereocenters. The molecule has 2 aromatic rings. The number of hydrogen-bond donors (Lipinski definition) is 1. The van der Waals surface area contributed by atoms with Gasteiger partial charge in [0, 0.05) is 24.6 Å². The second kappa shape index (κ2) is 11.6. The predicted molar refractivity (Wildman–Crippen MR) is 126 cm³/mol. The lowest BCUT2D eigenvalue weighted by atomic mass is 9.97. The molecule has 1 N–H and O–H groups in total. The van der Waals surface area contributed by atoms with Crippen LogP contribution in [0.3, 0.4) is 0 Å². The lowest BCUT2D eigenvalue weighted by Gasteiger charge is -2.20. The molecule has 8 nitrogen and oxygen atoms in total. The quantitative estimate of drug-likeness (QED) is 0.547. The Kier molecular flexibility index (Phi) is 9.82. The van der Waals surface area contributed by atoms with Gasteiger partial charge in [0.15, 0.2) is 5.78 Å². The van der Waals surface area contributed by atoms with Crippen molar-refractivity contribution in [1.82, 2.24) is 9.97 Å². The molecule has 10 heteroatoms. The minimum Gasteiger partial charge on any atom is -0.392 e. The number of allylic oxidation sites excluding steroid dienone is 1. The van der Waals surface area contributed by atoms with Gasteiger partial charge in [0.2, 0.25) is 16.0 Å². The van der Waals surface area contributed by atoms with Crippen molar-refractivity contribution >= 4 is 27.8 Å². The number of aromatic nitrogens is 2. The lowest BCUT2D eigenvalue weighted by molar-refractivity contribution is -0.116. The van der Waals surface area contributed by atoms with Crippen LogP contribution in [0.25, 0.3) is 17.3 Å². The SMILES string of the molecule is C.CC(C)c1nc(N(C)S(C)(=O)=O)nc(-c2ccc(F)cc2)c1/C=C/C(=O)C[C@@H](O)CC#N. The van der Waals surface area contributed by atoms with Crippen molar-refractivity contribution in [2.45, 2.75) is 46.1 Å². The number of benzene rings is 1. The van der Waals surface area contributed by atoms with E-state index in [4.69, 9.17) is 5.26 Å². The minimum atomic E-state index is -3.64. The molecule has 0 aliphatic rings. The van der Waals surface area contributed by atoms with Gasteiger partial charge in [-0.3, -0.25) is 4.79 Å². The Morgan fingerprint density at radius 2 is 1.88 bits per heavy atom. The van der Waals surface area contributed by atoms with E-state index in [0.29, 0.717) is 22.5 Å². The third kappa shape index (κ3) is 7.44. The van der Waals surface area contributed by atoms with Crippen molar-refractivity contribution in [3.05, 3.63) is 47.4 Å². The van der Waals surface area contributed by atoms with Crippen molar-refractivity contribution in [2.24, 2.45) is 0 Å². The highest BCUT2D eigenvalue weighted by atomic mass is 32.2. The van der Waals surface area contributed by atoms with Crippen LogP contribution in [0.1, 0.15) is 51.3 Å². The number of rotatable bonds is 9. The summed E-state index contributed by atoms with van der Waals surface area (Å²) in [5.41, 5.74) is 1.80. The Labute approximate surface area is 194 Å². The van der Waals surface area contributed by atoms with Gasteiger partial charge < -0.3 is 5.11 Å². The van der Waals surface area contributed by atoms with Crippen LogP contribution in [-0.2, 0) is 14.8 Å².